The number of ether oxygens (including phenoxy) is 5. The van der Waals surface area contributed by atoms with Crippen LogP contribution in [0.1, 0.15) is 56.4 Å². The van der Waals surface area contributed by atoms with Crippen molar-refractivity contribution in [1.29, 1.82) is 0 Å². The molecular formula is C47H51Cl2F4N11O13S2. The maximum atomic E-state index is 13.0. The lowest BCUT2D eigenvalue weighted by molar-refractivity contribution is -0.148. The van der Waals surface area contributed by atoms with Crippen LogP contribution in [0, 0.1) is 5.82 Å². The second-order valence-corrected chi connectivity index (χ2v) is 19.8. The summed E-state index contributed by atoms with van der Waals surface area (Å²) >= 11 is 12.4. The number of sulfonamides is 1. The largest absolute Gasteiger partial charge is 0.481 e. The molecule has 0 bridgehead atoms. The Balaban J connectivity index is 0.000000258. The number of carbonyl (C=O) groups excluding carboxylic acids is 6. The number of amides is 5. The zero-order valence-corrected chi connectivity index (χ0v) is 46.4. The molecular weight excluding hydrogens is 1140 g/mol. The van der Waals surface area contributed by atoms with Gasteiger partial charge in [0.25, 0.3) is 27.0 Å². The average Bonchev–Trinajstić information content (AvgIpc) is 4.16. The number of methoxy groups -OCH3 is 2. The predicted molar refractivity (Wildman–Crippen MR) is 281 cm³/mol. The molecule has 426 valence electrons. The van der Waals surface area contributed by atoms with Gasteiger partial charge in [-0.25, -0.2) is 36.9 Å². The molecule has 3 aromatic carbocycles. The topological polar surface area (TPSA) is 292 Å². The molecule has 6 rings (SSSR count). The Hall–Kier alpha value is -7.96. The molecule has 1 unspecified atom stereocenters. The third-order valence-corrected chi connectivity index (χ3v) is 12.9. The van der Waals surface area contributed by atoms with Crippen LogP contribution in [-0.4, -0.2) is 135 Å². The van der Waals surface area contributed by atoms with Gasteiger partial charge in [-0.1, -0.05) is 39.6 Å². The molecule has 0 fully saturated rings. The highest BCUT2D eigenvalue weighted by Gasteiger charge is 2.49. The first-order valence-electron chi connectivity index (χ1n) is 22.8. The van der Waals surface area contributed by atoms with Crippen LogP contribution in [0.2, 0.25) is 10.0 Å². The molecule has 0 saturated heterocycles. The van der Waals surface area contributed by atoms with Gasteiger partial charge in [-0.15, -0.1) is 5.10 Å². The number of nitrogens with one attached hydrogen (secondary N) is 3. The van der Waals surface area contributed by atoms with Crippen molar-refractivity contribution >= 4 is 109 Å². The van der Waals surface area contributed by atoms with E-state index < -0.39 is 73.8 Å². The number of carbonyl (C=O) groups is 6. The number of halogens is 6. The van der Waals surface area contributed by atoms with Crippen LogP contribution >= 0.6 is 34.5 Å². The minimum Gasteiger partial charge on any atom is -0.481 e. The Labute approximate surface area is 463 Å². The van der Waals surface area contributed by atoms with E-state index >= 15 is 0 Å². The molecule has 3 N–H and O–H groups in total. The fraction of sp³-hybridized carbons (Fsp3) is 0.340. The lowest BCUT2D eigenvalue weighted by Crippen LogP contribution is -2.48. The monoisotopic (exact) mass is 1190 g/mol. The number of hydrazone groups is 1. The number of alkyl halides is 3. The third-order valence-electron chi connectivity index (χ3n) is 10.1. The molecule has 32 heteroatoms. The number of anilines is 4. The number of benzene rings is 3. The number of aromatic nitrogens is 4. The number of esters is 2. The van der Waals surface area contributed by atoms with Crippen molar-refractivity contribution in [3.05, 3.63) is 93.2 Å². The Kier molecular flexibility index (Phi) is 22.6. The summed E-state index contributed by atoms with van der Waals surface area (Å²) < 4.78 is 103. The summed E-state index contributed by atoms with van der Waals surface area (Å²) in [6.07, 6.45) is -4.21. The highest BCUT2D eigenvalue weighted by atomic mass is 35.5. The zero-order valence-electron chi connectivity index (χ0n) is 43.3. The summed E-state index contributed by atoms with van der Waals surface area (Å²) in [5.41, 5.74) is -0.258. The van der Waals surface area contributed by atoms with Crippen molar-refractivity contribution in [2.24, 2.45) is 5.10 Å². The normalized spacial score (nSPS) is 13.7. The van der Waals surface area contributed by atoms with E-state index in [4.69, 9.17) is 46.9 Å². The summed E-state index contributed by atoms with van der Waals surface area (Å²) in [5, 5.41) is 15.6. The van der Waals surface area contributed by atoms with Crippen LogP contribution in [0.15, 0.2) is 76.7 Å². The van der Waals surface area contributed by atoms with Crippen molar-refractivity contribution in [3.63, 3.8) is 0 Å². The van der Waals surface area contributed by atoms with E-state index in [0.717, 1.165) is 11.0 Å². The van der Waals surface area contributed by atoms with E-state index in [0.29, 0.717) is 27.8 Å². The van der Waals surface area contributed by atoms with Gasteiger partial charge in [-0.3, -0.25) is 19.7 Å². The molecule has 0 aliphatic carbocycles. The van der Waals surface area contributed by atoms with Gasteiger partial charge < -0.3 is 38.8 Å². The minimum absolute atomic E-state index is 0.0591. The van der Waals surface area contributed by atoms with Gasteiger partial charge in [0.15, 0.2) is 12.1 Å². The van der Waals surface area contributed by atoms with E-state index in [9.17, 15) is 54.7 Å². The van der Waals surface area contributed by atoms with Gasteiger partial charge in [0, 0.05) is 43.0 Å². The summed E-state index contributed by atoms with van der Waals surface area (Å²) in [6, 6.07) is 13.6. The predicted octanol–water partition coefficient (Wildman–Crippen LogP) is 7.24. The average molecular weight is 1190 g/mol. The smallest absolute Gasteiger partial charge is 0.445 e. The maximum absolute atomic E-state index is 13.0. The molecule has 2 aromatic heterocycles. The van der Waals surface area contributed by atoms with Crippen LogP contribution in [0.25, 0.3) is 0 Å². The first-order chi connectivity index (χ1) is 37.1. The lowest BCUT2D eigenvalue weighted by Gasteiger charge is -2.32. The summed E-state index contributed by atoms with van der Waals surface area (Å²) in [5.74, 6) is -2.79. The van der Waals surface area contributed by atoms with Gasteiger partial charge in [0.2, 0.25) is 29.1 Å². The van der Waals surface area contributed by atoms with Crippen LogP contribution in [-0.2, 0) is 44.9 Å². The van der Waals surface area contributed by atoms with Crippen LogP contribution in [0.4, 0.5) is 45.4 Å². The van der Waals surface area contributed by atoms with Crippen LogP contribution in [0.5, 0.6) is 17.0 Å². The molecule has 1 atom stereocenters. The number of urea groups is 1. The molecule has 0 saturated carbocycles. The minimum atomic E-state index is -4.61. The molecule has 0 radical (unpaired) electrons. The molecule has 3 heterocycles. The Morgan fingerprint density at radius 3 is 2.08 bits per heavy atom. The Morgan fingerprint density at radius 1 is 0.911 bits per heavy atom. The highest BCUT2D eigenvalue weighted by Crippen LogP contribution is 2.39. The zero-order chi connectivity index (χ0) is 59.0. The fourth-order valence-electron chi connectivity index (χ4n) is 6.61. The highest BCUT2D eigenvalue weighted by molar-refractivity contribution is 7.90. The molecule has 24 nitrogen and oxygen atoms in total. The van der Waals surface area contributed by atoms with Crippen molar-refractivity contribution in [2.75, 3.05) is 68.7 Å². The molecule has 79 heavy (non-hydrogen) atoms. The molecule has 1 aliphatic heterocycles. The lowest BCUT2D eigenvalue weighted by atomic mass is 9.95. The Bertz CT molecular complexity index is 3140. The van der Waals surface area contributed by atoms with Crippen molar-refractivity contribution in [1.82, 2.24) is 29.8 Å². The molecule has 5 aromatic rings. The van der Waals surface area contributed by atoms with E-state index in [1.807, 2.05) is 0 Å². The second kappa shape index (κ2) is 28.1. The first kappa shape index (κ1) is 63.6. The van der Waals surface area contributed by atoms with Gasteiger partial charge in [-0.05, 0) is 95.3 Å². The summed E-state index contributed by atoms with van der Waals surface area (Å²) in [6.45, 7) is 8.46. The molecule has 1 aliphatic rings. The van der Waals surface area contributed by atoms with Gasteiger partial charge in [0.1, 0.15) is 16.4 Å². The SMILES string of the molecule is CC(C)N(C(=O)COc1nnc(C(F)(F)F)s1)c1ccc(F)cc1.CCOC(=O)C1=NN(c2ccc(Cl)cc2Cl)C(C)(C(=O)OCC)C1.COc1cc(OC)nc(NC(=O)NS(=O)(=O)c2cc(NC=O)ccc2C(=O)N(C)C)n1. The number of rotatable bonds is 18. The standard InChI is InChI=1S/C17H20N6O7S.C16H18Cl2N2O4.C14H13F4N3O2S/c1-23(2)15(25)11-6-5-10(18-9-24)7-12(11)31(27,28)22-17(26)21-16-19-13(29-3)8-14(20-16)30-4;1-4-23-14(21)12-9-16(3,15(22)24-5-2)20(19-12)13-7-6-10(17)8-11(13)18;1-8(2)21(10-5-3-9(15)4-6-10)11(22)7-23-13-20-19-12(24-13)14(16,17)18/h5-9H,1-4H3,(H,18,24)(H2,19,20,21,22,26);6-8H,4-5,9H2,1-3H3;3-6,8H,7H2,1-2H3. The van der Waals surface area contributed by atoms with Crippen LogP contribution < -0.4 is 39.5 Å². The quantitative estimate of drug-likeness (QED) is 0.0442. The van der Waals surface area contributed by atoms with Gasteiger partial charge in [0.05, 0.1) is 49.8 Å². The maximum Gasteiger partial charge on any atom is 0.445 e. The van der Waals surface area contributed by atoms with Gasteiger partial charge >= 0.3 is 24.1 Å². The first-order valence-corrected chi connectivity index (χ1v) is 25.8. The van der Waals surface area contributed by atoms with Gasteiger partial charge in [-0.2, -0.15) is 28.2 Å². The van der Waals surface area contributed by atoms with E-state index in [2.05, 4.69) is 35.9 Å². The van der Waals surface area contributed by atoms with Crippen molar-refractivity contribution in [2.45, 2.75) is 63.7 Å². The third kappa shape index (κ3) is 17.3. The fourth-order valence-corrected chi connectivity index (χ4v) is 8.80. The summed E-state index contributed by atoms with van der Waals surface area (Å²) in [7, 11) is 0.991. The van der Waals surface area contributed by atoms with E-state index in [1.165, 1.54) is 80.7 Å². The van der Waals surface area contributed by atoms with Crippen LogP contribution in [0.3, 0.4) is 0 Å². The summed E-state index contributed by atoms with van der Waals surface area (Å²) in [4.78, 5) is 81.9. The van der Waals surface area contributed by atoms with E-state index in [1.54, 1.807) is 57.5 Å². The number of hydrogen-bond acceptors (Lipinski definition) is 20. The molecule has 0 spiro atoms. The number of nitrogens with zero attached hydrogens (tertiary/aromatic N) is 8. The van der Waals surface area contributed by atoms with Crippen molar-refractivity contribution in [3.8, 4) is 17.0 Å². The molecule has 5 amide bonds. The second-order valence-electron chi connectivity index (χ2n) is 16.3. The van der Waals surface area contributed by atoms with E-state index in [-0.39, 0.29) is 76.9 Å². The van der Waals surface area contributed by atoms with Crippen molar-refractivity contribution < 1.29 is 78.4 Å². The number of hydrogen-bond donors (Lipinski definition) is 3. The Morgan fingerprint density at radius 2 is 1.54 bits per heavy atom.